The number of amides is 1. The number of carbonyl (C=O) groups excluding carboxylic acids is 1. The van der Waals surface area contributed by atoms with Gasteiger partial charge in [-0.2, -0.15) is 5.26 Å². The highest BCUT2D eigenvalue weighted by atomic mass is 35.5. The molecule has 5 nitrogen and oxygen atoms in total. The highest BCUT2D eigenvalue weighted by molar-refractivity contribution is 5.85. The lowest BCUT2D eigenvalue weighted by molar-refractivity contribution is -0.130. The van der Waals surface area contributed by atoms with E-state index < -0.39 is 12.2 Å². The minimum atomic E-state index is -1.10. The molecule has 0 radical (unpaired) electrons. The Morgan fingerprint density at radius 2 is 2.15 bits per heavy atom. The van der Waals surface area contributed by atoms with Crippen molar-refractivity contribution in [2.75, 3.05) is 19.7 Å². The van der Waals surface area contributed by atoms with Gasteiger partial charge in [-0.3, -0.25) is 4.79 Å². The summed E-state index contributed by atoms with van der Waals surface area (Å²) < 4.78 is 13.2. The largest absolute Gasteiger partial charge is 0.394 e. The molecule has 1 saturated carbocycles. The molecule has 2 atom stereocenters. The third-order valence-electron chi connectivity index (χ3n) is 4.20. The molecule has 20 heavy (non-hydrogen) atoms. The number of hydrogen-bond acceptors (Lipinski definition) is 4. The van der Waals surface area contributed by atoms with Crippen molar-refractivity contribution >= 4 is 18.3 Å². The van der Waals surface area contributed by atoms with E-state index in [1.165, 1.54) is 4.90 Å². The van der Waals surface area contributed by atoms with E-state index in [1.54, 1.807) is 0 Å². The minimum Gasteiger partial charge on any atom is -0.394 e. The Bertz CT molecular complexity index is 382. The van der Waals surface area contributed by atoms with E-state index in [0.29, 0.717) is 0 Å². The smallest absolute Gasteiger partial charge is 0.237 e. The van der Waals surface area contributed by atoms with Crippen LogP contribution in [-0.4, -0.2) is 53.4 Å². The summed E-state index contributed by atoms with van der Waals surface area (Å²) in [7, 11) is 0. The summed E-state index contributed by atoms with van der Waals surface area (Å²) in [6.07, 6.45) is 2.78. The number of halogens is 2. The Morgan fingerprint density at radius 3 is 2.70 bits per heavy atom. The summed E-state index contributed by atoms with van der Waals surface area (Å²) in [5.74, 6) is -0.258. The Balaban J connectivity index is 0.00000200. The molecular weight excluding hydrogens is 285 g/mol. The number of aliphatic hydroxyl groups excluding tert-OH is 1. The van der Waals surface area contributed by atoms with Crippen LogP contribution in [0.5, 0.6) is 0 Å². The topological polar surface area (TPSA) is 76.4 Å². The van der Waals surface area contributed by atoms with E-state index in [0.717, 1.165) is 25.7 Å². The van der Waals surface area contributed by atoms with Crippen molar-refractivity contribution in [3.05, 3.63) is 0 Å². The normalized spacial score (nSPS) is 27.9. The van der Waals surface area contributed by atoms with Crippen LogP contribution < -0.4 is 5.32 Å². The molecule has 1 saturated heterocycles. The third kappa shape index (κ3) is 3.60. The second-order valence-corrected chi connectivity index (χ2v) is 5.52. The van der Waals surface area contributed by atoms with E-state index in [1.807, 2.05) is 6.07 Å². The molecule has 2 rings (SSSR count). The maximum Gasteiger partial charge on any atom is 0.237 e. The number of likely N-dealkylation sites (tertiary alicyclic amines) is 1. The number of nitrogens with one attached hydrogen (secondary N) is 1. The number of alkyl halides is 1. The van der Waals surface area contributed by atoms with Crippen LogP contribution in [-0.2, 0) is 4.79 Å². The number of carbonyl (C=O) groups is 1. The predicted octanol–water partition coefficient (Wildman–Crippen LogP) is 0.765. The molecule has 1 aliphatic heterocycles. The minimum absolute atomic E-state index is 0. The third-order valence-corrected chi connectivity index (χ3v) is 4.20. The zero-order valence-electron chi connectivity index (χ0n) is 11.3. The second-order valence-electron chi connectivity index (χ2n) is 5.52. The van der Waals surface area contributed by atoms with Gasteiger partial charge in [0.1, 0.15) is 12.2 Å². The fourth-order valence-electron chi connectivity index (χ4n) is 2.99. The summed E-state index contributed by atoms with van der Waals surface area (Å²) in [6.45, 7) is 0.0734. The van der Waals surface area contributed by atoms with Crippen LogP contribution >= 0.6 is 12.4 Å². The van der Waals surface area contributed by atoms with Gasteiger partial charge in [0.05, 0.1) is 25.8 Å². The molecule has 2 fully saturated rings. The molecule has 0 aromatic rings. The van der Waals surface area contributed by atoms with Crippen molar-refractivity contribution in [3.8, 4) is 6.07 Å². The van der Waals surface area contributed by atoms with Crippen molar-refractivity contribution in [1.29, 1.82) is 5.26 Å². The number of rotatable bonds is 4. The van der Waals surface area contributed by atoms with Crippen molar-refractivity contribution in [2.45, 2.75) is 49.9 Å². The fraction of sp³-hybridized carbons (Fsp3) is 0.846. The maximum atomic E-state index is 13.2. The molecule has 1 heterocycles. The number of nitrogens with zero attached hydrogens (tertiary/aromatic N) is 2. The van der Waals surface area contributed by atoms with E-state index >= 15 is 0 Å². The quantitative estimate of drug-likeness (QED) is 0.804. The number of nitriles is 1. The van der Waals surface area contributed by atoms with Gasteiger partial charge in [0.15, 0.2) is 0 Å². The van der Waals surface area contributed by atoms with Crippen molar-refractivity contribution in [1.82, 2.24) is 10.2 Å². The Morgan fingerprint density at radius 1 is 1.50 bits per heavy atom. The molecular formula is C13H21ClFN3O2. The van der Waals surface area contributed by atoms with Gasteiger partial charge in [0.2, 0.25) is 5.91 Å². The van der Waals surface area contributed by atoms with E-state index in [-0.39, 0.29) is 50.0 Å². The summed E-state index contributed by atoms with van der Waals surface area (Å²) in [5, 5.41) is 21.5. The molecule has 1 amide bonds. The SMILES string of the molecule is Cl.N#C[C@@H]1C[C@H](F)CN1C(=O)CNC1(CO)CCCC1. The van der Waals surface area contributed by atoms with Gasteiger partial charge in [-0.05, 0) is 12.8 Å². The van der Waals surface area contributed by atoms with E-state index in [4.69, 9.17) is 5.26 Å². The van der Waals surface area contributed by atoms with Crippen molar-refractivity contribution in [3.63, 3.8) is 0 Å². The molecule has 0 aromatic heterocycles. The highest BCUT2D eigenvalue weighted by Crippen LogP contribution is 2.29. The molecule has 0 bridgehead atoms. The summed E-state index contributed by atoms with van der Waals surface area (Å²) in [4.78, 5) is 13.3. The van der Waals surface area contributed by atoms with E-state index in [9.17, 15) is 14.3 Å². The van der Waals surface area contributed by atoms with Gasteiger partial charge in [0.25, 0.3) is 0 Å². The molecule has 1 aliphatic carbocycles. The van der Waals surface area contributed by atoms with Crippen molar-refractivity contribution in [2.24, 2.45) is 0 Å². The van der Waals surface area contributed by atoms with Crippen LogP contribution in [0.15, 0.2) is 0 Å². The maximum absolute atomic E-state index is 13.2. The Labute approximate surface area is 124 Å². The van der Waals surface area contributed by atoms with Crippen LogP contribution in [0.4, 0.5) is 4.39 Å². The molecule has 114 valence electrons. The van der Waals surface area contributed by atoms with Gasteiger partial charge < -0.3 is 15.3 Å². The van der Waals surface area contributed by atoms with Gasteiger partial charge in [0, 0.05) is 12.0 Å². The lowest BCUT2D eigenvalue weighted by atomic mass is 9.99. The first-order chi connectivity index (χ1) is 9.10. The van der Waals surface area contributed by atoms with E-state index in [2.05, 4.69) is 5.32 Å². The zero-order valence-corrected chi connectivity index (χ0v) is 12.2. The van der Waals surface area contributed by atoms with Crippen LogP contribution in [0, 0.1) is 11.3 Å². The van der Waals surface area contributed by atoms with Crippen LogP contribution in [0.25, 0.3) is 0 Å². The van der Waals surface area contributed by atoms with Gasteiger partial charge in [-0.25, -0.2) is 4.39 Å². The van der Waals surface area contributed by atoms with Crippen LogP contribution in [0.1, 0.15) is 32.1 Å². The molecule has 0 spiro atoms. The molecule has 2 aliphatic rings. The molecule has 2 N–H and O–H groups in total. The first-order valence-corrected chi connectivity index (χ1v) is 6.79. The standard InChI is InChI=1S/C13H20FN3O2.ClH/c14-10-5-11(6-15)17(8-10)12(19)7-16-13(9-18)3-1-2-4-13;/h10-11,16,18H,1-5,7-9H2;1H/t10-,11-;/m0./s1. The van der Waals surface area contributed by atoms with Crippen LogP contribution in [0.3, 0.4) is 0 Å². The summed E-state index contributed by atoms with van der Waals surface area (Å²) in [5.41, 5.74) is -0.368. The lowest BCUT2D eigenvalue weighted by Gasteiger charge is -2.29. The Kier molecular flexibility index (Phi) is 6.18. The number of hydrogen-bond donors (Lipinski definition) is 2. The predicted molar refractivity (Wildman–Crippen MR) is 74.2 cm³/mol. The number of aliphatic hydroxyl groups is 1. The fourth-order valence-corrected chi connectivity index (χ4v) is 2.99. The zero-order chi connectivity index (χ0) is 13.9. The average molecular weight is 306 g/mol. The molecule has 0 aromatic carbocycles. The lowest BCUT2D eigenvalue weighted by Crippen LogP contribution is -2.51. The van der Waals surface area contributed by atoms with Gasteiger partial charge in [-0.15, -0.1) is 12.4 Å². The van der Waals surface area contributed by atoms with Crippen LogP contribution in [0.2, 0.25) is 0 Å². The van der Waals surface area contributed by atoms with Crippen molar-refractivity contribution < 1.29 is 14.3 Å². The van der Waals surface area contributed by atoms with Gasteiger partial charge in [-0.1, -0.05) is 12.8 Å². The summed E-state index contributed by atoms with van der Waals surface area (Å²) >= 11 is 0. The summed E-state index contributed by atoms with van der Waals surface area (Å²) in [6, 6.07) is 1.31. The first-order valence-electron chi connectivity index (χ1n) is 6.79. The highest BCUT2D eigenvalue weighted by Gasteiger charge is 2.37. The molecule has 0 unspecified atom stereocenters. The molecule has 7 heteroatoms. The first kappa shape index (κ1) is 17.2. The second kappa shape index (κ2) is 7.21. The monoisotopic (exact) mass is 305 g/mol. The Hall–Kier alpha value is -0.900. The van der Waals surface area contributed by atoms with Gasteiger partial charge >= 0.3 is 0 Å². The average Bonchev–Trinajstić information content (AvgIpc) is 3.03.